The number of aryl methyl sites for hydroxylation is 4. The molecule has 0 spiro atoms. The van der Waals surface area contributed by atoms with Gasteiger partial charge in [0.25, 0.3) is 21.5 Å². The van der Waals surface area contributed by atoms with Crippen molar-refractivity contribution >= 4 is 27.9 Å². The number of aromatic nitrogens is 1. The van der Waals surface area contributed by atoms with Crippen LogP contribution < -0.4 is 25.7 Å². The Balaban J connectivity index is 1.27. The Morgan fingerprint density at radius 1 is 0.911 bits per heavy atom. The van der Waals surface area contributed by atoms with Crippen molar-refractivity contribution in [1.29, 1.82) is 5.41 Å². The monoisotopic (exact) mass is 783 g/mol. The third kappa shape index (κ3) is 9.15. The lowest BCUT2D eigenvalue weighted by Gasteiger charge is -2.35. The maximum absolute atomic E-state index is 14.1. The Kier molecular flexibility index (Phi) is 12.2. The molecule has 1 aromatic heterocycles. The number of sulfonamides is 1. The molecular weight excluding hydrogens is 731 g/mol. The third-order valence-corrected chi connectivity index (χ3v) is 12.0. The van der Waals surface area contributed by atoms with Crippen molar-refractivity contribution in [3.63, 3.8) is 0 Å². The van der Waals surface area contributed by atoms with Crippen LogP contribution in [0.4, 0.5) is 0 Å². The van der Waals surface area contributed by atoms with Gasteiger partial charge < -0.3 is 25.0 Å². The quantitative estimate of drug-likeness (QED) is 0.0639. The number of hydrogen-bond acceptors (Lipinski definition) is 7. The number of carbonyl (C=O) groups excluding carboxylic acids is 1. The van der Waals surface area contributed by atoms with E-state index in [4.69, 9.17) is 10.1 Å². The molecule has 0 saturated carbocycles. The summed E-state index contributed by atoms with van der Waals surface area (Å²) in [4.78, 5) is 40.0. The highest BCUT2D eigenvalue weighted by molar-refractivity contribution is 7.90. The van der Waals surface area contributed by atoms with Crippen LogP contribution in [0, 0.1) is 53.9 Å². The van der Waals surface area contributed by atoms with E-state index in [-0.39, 0.29) is 35.4 Å². The first-order chi connectivity index (χ1) is 26.2. The van der Waals surface area contributed by atoms with Crippen molar-refractivity contribution in [2.75, 3.05) is 6.54 Å². The molecule has 0 saturated heterocycles. The van der Waals surface area contributed by atoms with E-state index in [0.717, 1.165) is 50.9 Å². The molecular formula is C43H53N5O7S. The van der Waals surface area contributed by atoms with E-state index in [1.807, 2.05) is 84.9 Å². The number of nitrogens with one attached hydrogen (secondary N) is 4. The Bertz CT molecular complexity index is 2290. The first-order valence-electron chi connectivity index (χ1n) is 18.8. The van der Waals surface area contributed by atoms with E-state index in [9.17, 15) is 27.9 Å². The first-order valence-corrected chi connectivity index (χ1v) is 20.3. The maximum atomic E-state index is 14.1. The van der Waals surface area contributed by atoms with Crippen LogP contribution in [-0.4, -0.2) is 54.1 Å². The normalized spacial score (nSPS) is 14.0. The molecule has 5 rings (SSSR count). The van der Waals surface area contributed by atoms with Crippen LogP contribution in [0.1, 0.15) is 105 Å². The number of aliphatic carboxylic acids is 1. The highest BCUT2D eigenvalue weighted by Crippen LogP contribution is 2.42. The van der Waals surface area contributed by atoms with Crippen LogP contribution in [0.5, 0.6) is 5.75 Å². The number of carboxylic acid groups (broad SMARTS) is 1. The van der Waals surface area contributed by atoms with Gasteiger partial charge >= 0.3 is 5.97 Å². The highest BCUT2D eigenvalue weighted by atomic mass is 32.2. The number of ether oxygens (including phenoxy) is 1. The molecule has 2 heterocycles. The van der Waals surface area contributed by atoms with E-state index in [1.165, 1.54) is 10.6 Å². The summed E-state index contributed by atoms with van der Waals surface area (Å²) >= 11 is 0. The zero-order chi connectivity index (χ0) is 41.3. The molecule has 56 heavy (non-hydrogen) atoms. The number of carbonyl (C=O) groups is 2. The lowest BCUT2D eigenvalue weighted by atomic mass is 9.88. The van der Waals surface area contributed by atoms with Crippen molar-refractivity contribution in [2.45, 2.75) is 111 Å². The fraction of sp³-hybridized carbons (Fsp3) is 0.395. The molecule has 13 heteroatoms. The van der Waals surface area contributed by atoms with Crippen LogP contribution in [-0.2, 0) is 21.2 Å². The predicted octanol–water partition coefficient (Wildman–Crippen LogP) is 6.21. The van der Waals surface area contributed by atoms with Crippen LogP contribution in [0.25, 0.3) is 0 Å². The first kappa shape index (κ1) is 41.7. The summed E-state index contributed by atoms with van der Waals surface area (Å²) in [6.07, 6.45) is 3.13. The Morgan fingerprint density at radius 3 is 2.04 bits per heavy atom. The van der Waals surface area contributed by atoms with Crippen LogP contribution in [0.3, 0.4) is 0 Å². The molecule has 1 aliphatic rings. The molecule has 1 amide bonds. The molecule has 0 bridgehead atoms. The minimum absolute atomic E-state index is 0.0384. The third-order valence-electron chi connectivity index (χ3n) is 10.4. The minimum Gasteiger partial charge on any atom is -0.487 e. The number of rotatable bonds is 12. The van der Waals surface area contributed by atoms with Gasteiger partial charge in [-0.3, -0.25) is 15.0 Å². The Labute approximate surface area is 329 Å². The SMILES string of the molecule is Cc1cc(C)cc(C(c2cc(C)cc(C)c2)n2cccc(C(=O)N[C@@H](CCCNC(=N)NS(=O)(=O)c3c(C)c(C)c4c(c3C)CCC(C)(C)O4)C(=O)O)c2=O)c1. The maximum Gasteiger partial charge on any atom is 0.326 e. The molecule has 0 fully saturated rings. The lowest BCUT2D eigenvalue weighted by Crippen LogP contribution is -2.44. The van der Waals surface area contributed by atoms with E-state index in [0.29, 0.717) is 23.3 Å². The lowest BCUT2D eigenvalue weighted by molar-refractivity contribution is -0.139. The van der Waals surface area contributed by atoms with Gasteiger partial charge in [-0.15, -0.1) is 0 Å². The average molecular weight is 784 g/mol. The summed E-state index contributed by atoms with van der Waals surface area (Å²) < 4.78 is 37.2. The number of guanidine groups is 1. The highest BCUT2D eigenvalue weighted by Gasteiger charge is 2.34. The summed E-state index contributed by atoms with van der Waals surface area (Å²) in [7, 11) is -4.15. The Hall–Kier alpha value is -5.43. The number of fused-ring (bicyclic) bond motifs is 1. The summed E-state index contributed by atoms with van der Waals surface area (Å²) in [5.41, 5.74) is 7.40. The molecule has 4 aromatic rings. The van der Waals surface area contributed by atoms with Crippen LogP contribution >= 0.6 is 0 Å². The topological polar surface area (TPSA) is 180 Å². The van der Waals surface area contributed by atoms with Crippen molar-refractivity contribution < 1.29 is 27.9 Å². The number of pyridine rings is 1. The number of hydrogen-bond donors (Lipinski definition) is 5. The van der Waals surface area contributed by atoms with Gasteiger partial charge in [0.05, 0.1) is 10.9 Å². The van der Waals surface area contributed by atoms with E-state index in [2.05, 4.69) is 15.4 Å². The van der Waals surface area contributed by atoms with E-state index in [1.54, 1.807) is 26.1 Å². The van der Waals surface area contributed by atoms with Crippen molar-refractivity contribution in [1.82, 2.24) is 19.9 Å². The second-order valence-corrected chi connectivity index (χ2v) is 17.3. The fourth-order valence-corrected chi connectivity index (χ4v) is 9.25. The van der Waals surface area contributed by atoms with Gasteiger partial charge in [-0.2, -0.15) is 0 Å². The van der Waals surface area contributed by atoms with Crippen molar-refractivity contribution in [2.24, 2.45) is 0 Å². The van der Waals surface area contributed by atoms with E-state index < -0.39 is 45.5 Å². The molecule has 298 valence electrons. The summed E-state index contributed by atoms with van der Waals surface area (Å²) in [5, 5.41) is 23.5. The molecule has 0 aliphatic carbocycles. The minimum atomic E-state index is -4.15. The average Bonchev–Trinajstić information content (AvgIpc) is 3.07. The van der Waals surface area contributed by atoms with Gasteiger partial charge in [0.15, 0.2) is 0 Å². The Morgan fingerprint density at radius 2 is 1.48 bits per heavy atom. The van der Waals surface area contributed by atoms with Gasteiger partial charge in [0, 0.05) is 12.7 Å². The second-order valence-electron chi connectivity index (χ2n) is 15.7. The van der Waals surface area contributed by atoms with Crippen LogP contribution in [0.15, 0.2) is 64.4 Å². The second kappa shape index (κ2) is 16.4. The number of benzene rings is 3. The molecule has 12 nitrogen and oxygen atoms in total. The summed E-state index contributed by atoms with van der Waals surface area (Å²) in [6, 6.07) is 13.2. The van der Waals surface area contributed by atoms with E-state index >= 15 is 0 Å². The molecule has 0 radical (unpaired) electrons. The van der Waals surface area contributed by atoms with Crippen LogP contribution in [0.2, 0.25) is 0 Å². The van der Waals surface area contributed by atoms with Gasteiger partial charge in [-0.1, -0.05) is 58.7 Å². The zero-order valence-electron chi connectivity index (χ0n) is 33.6. The zero-order valence-corrected chi connectivity index (χ0v) is 34.5. The molecule has 3 aromatic carbocycles. The molecule has 1 aliphatic heterocycles. The largest absolute Gasteiger partial charge is 0.487 e. The van der Waals surface area contributed by atoms with Crippen molar-refractivity contribution in [3.05, 3.63) is 126 Å². The number of carboxylic acids is 1. The predicted molar refractivity (Wildman–Crippen MR) is 218 cm³/mol. The smallest absolute Gasteiger partial charge is 0.326 e. The van der Waals surface area contributed by atoms with Gasteiger partial charge in [-0.05, 0) is 134 Å². The molecule has 1 atom stereocenters. The fourth-order valence-electron chi connectivity index (χ4n) is 7.72. The standard InChI is InChI=1S/C43H53N5O7S/c1-24-18-25(2)21-31(20-24)36(32-22-26(3)19-27(4)23-32)48-17-11-12-34(40(48)50)39(49)46-35(41(51)52)13-10-16-45-42(44)47-56(53,54)38-29(6)28(5)37-33(30(38)7)14-15-43(8,9)55-37/h11-12,17-23,35-36H,10,13-16H2,1-9H3,(H,46,49)(H,51,52)(H3,44,45,47)/t35-/m0/s1. The molecule has 5 N–H and O–H groups in total. The van der Waals surface area contributed by atoms with Gasteiger partial charge in [0.1, 0.15) is 23.0 Å². The van der Waals surface area contributed by atoms with Gasteiger partial charge in [-0.25, -0.2) is 17.9 Å². The van der Waals surface area contributed by atoms with Gasteiger partial charge in [0.2, 0.25) is 5.96 Å². The molecule has 0 unspecified atom stereocenters. The number of amides is 1. The number of nitrogens with zero attached hydrogens (tertiary/aromatic N) is 1. The van der Waals surface area contributed by atoms with Crippen molar-refractivity contribution in [3.8, 4) is 5.75 Å². The summed E-state index contributed by atoms with van der Waals surface area (Å²) in [5.74, 6) is -1.89. The summed E-state index contributed by atoms with van der Waals surface area (Å²) in [6.45, 7) is 17.3.